The Morgan fingerprint density at radius 2 is 1.70 bits per heavy atom. The molecule has 2 rings (SSSR count). The molecule has 0 heterocycles. The summed E-state index contributed by atoms with van der Waals surface area (Å²) in [4.78, 5) is 0. The Kier molecular flexibility index (Phi) is 4.62. The maximum absolute atomic E-state index is 13.9. The van der Waals surface area contributed by atoms with E-state index >= 15 is 0 Å². The fraction of sp³-hybridized carbons (Fsp3) is 0.250. The van der Waals surface area contributed by atoms with Crippen molar-refractivity contribution >= 4 is 28.3 Å². The van der Waals surface area contributed by atoms with Gasteiger partial charge in [0.2, 0.25) is 0 Å². The summed E-state index contributed by atoms with van der Waals surface area (Å²) in [7, 11) is 0. The summed E-state index contributed by atoms with van der Waals surface area (Å²) in [6.07, 6.45) is 0. The molecule has 2 aromatic carbocycles. The molecule has 0 saturated carbocycles. The number of hydrogen-bond donors (Lipinski definition) is 1. The molecule has 0 radical (unpaired) electrons. The predicted octanol–water partition coefficient (Wildman–Crippen LogP) is 5.36. The van der Waals surface area contributed by atoms with Crippen molar-refractivity contribution in [2.75, 3.05) is 5.32 Å². The van der Waals surface area contributed by atoms with Gasteiger partial charge < -0.3 is 5.32 Å². The zero-order chi connectivity index (χ0) is 14.9. The molecule has 0 amide bonds. The summed E-state index contributed by atoms with van der Waals surface area (Å²) in [5.74, 6) is -0.763. The fourth-order valence-electron chi connectivity index (χ4n) is 2.09. The van der Waals surface area contributed by atoms with E-state index in [0.29, 0.717) is 11.1 Å². The van der Waals surface area contributed by atoms with Gasteiger partial charge in [0.15, 0.2) is 0 Å². The lowest BCUT2D eigenvalue weighted by atomic mass is 10.0. The van der Waals surface area contributed by atoms with E-state index in [1.54, 1.807) is 6.92 Å². The van der Waals surface area contributed by atoms with Crippen LogP contribution in [0, 0.1) is 29.1 Å². The molecule has 20 heavy (non-hydrogen) atoms. The fourth-order valence-corrected chi connectivity index (χ4v) is 2.74. The average molecular weight is 387 g/mol. The van der Waals surface area contributed by atoms with E-state index in [0.717, 1.165) is 14.8 Å². The summed E-state index contributed by atoms with van der Waals surface area (Å²) in [5.41, 5.74) is 2.67. The molecule has 0 fully saturated rings. The molecular formula is C16H16F2IN. The highest BCUT2D eigenvalue weighted by Gasteiger charge is 2.14. The highest BCUT2D eigenvalue weighted by molar-refractivity contribution is 14.1. The Balaban J connectivity index is 2.28. The molecule has 0 aliphatic carbocycles. The van der Waals surface area contributed by atoms with Crippen LogP contribution in [0.1, 0.15) is 29.7 Å². The number of hydrogen-bond acceptors (Lipinski definition) is 1. The monoisotopic (exact) mass is 387 g/mol. The number of benzene rings is 2. The van der Waals surface area contributed by atoms with Crippen molar-refractivity contribution < 1.29 is 8.78 Å². The highest BCUT2D eigenvalue weighted by atomic mass is 127. The number of halogens is 3. The molecule has 1 unspecified atom stereocenters. The topological polar surface area (TPSA) is 12.0 Å². The first-order valence-electron chi connectivity index (χ1n) is 6.36. The number of nitrogens with one attached hydrogen (secondary N) is 1. The van der Waals surface area contributed by atoms with Gasteiger partial charge in [0, 0.05) is 14.8 Å². The zero-order valence-corrected chi connectivity index (χ0v) is 13.8. The van der Waals surface area contributed by atoms with E-state index in [1.807, 2.05) is 32.0 Å². The maximum Gasteiger partial charge on any atom is 0.128 e. The van der Waals surface area contributed by atoms with Gasteiger partial charge in [-0.05, 0) is 84.8 Å². The lowest BCUT2D eigenvalue weighted by Gasteiger charge is -2.18. The van der Waals surface area contributed by atoms with Crippen molar-refractivity contribution in [3.05, 3.63) is 62.2 Å². The SMILES string of the molecule is Cc1cc(F)c(C(C)Nc2ccc(I)cc2C)cc1F. The predicted molar refractivity (Wildman–Crippen MR) is 87.0 cm³/mol. The van der Waals surface area contributed by atoms with Crippen LogP contribution in [0.2, 0.25) is 0 Å². The Hall–Kier alpha value is -1.17. The van der Waals surface area contributed by atoms with E-state index in [2.05, 4.69) is 27.9 Å². The first-order valence-corrected chi connectivity index (χ1v) is 7.44. The molecule has 1 nitrogen and oxygen atoms in total. The molecule has 0 bridgehead atoms. The average Bonchev–Trinajstić information content (AvgIpc) is 2.37. The Morgan fingerprint density at radius 3 is 2.35 bits per heavy atom. The van der Waals surface area contributed by atoms with Gasteiger partial charge in [-0.15, -0.1) is 0 Å². The first-order chi connectivity index (χ1) is 9.38. The van der Waals surface area contributed by atoms with Gasteiger partial charge >= 0.3 is 0 Å². The molecular weight excluding hydrogens is 371 g/mol. The molecule has 0 aliphatic heterocycles. The van der Waals surface area contributed by atoms with Gasteiger partial charge in [0.05, 0.1) is 6.04 Å². The summed E-state index contributed by atoms with van der Waals surface area (Å²) in [5, 5.41) is 3.23. The second kappa shape index (κ2) is 6.08. The molecule has 0 saturated heterocycles. The number of anilines is 1. The Bertz CT molecular complexity index is 641. The van der Waals surface area contributed by atoms with E-state index in [1.165, 1.54) is 12.1 Å². The van der Waals surface area contributed by atoms with E-state index in [-0.39, 0.29) is 17.7 Å². The second-order valence-corrected chi connectivity index (χ2v) is 6.19. The van der Waals surface area contributed by atoms with Gasteiger partial charge in [-0.25, -0.2) is 8.78 Å². The van der Waals surface area contributed by atoms with Crippen LogP contribution in [0.3, 0.4) is 0 Å². The minimum absolute atomic E-state index is 0.302. The molecule has 1 atom stereocenters. The standard InChI is InChI=1S/C16H16F2IN/c1-9-7-15(18)13(8-14(9)17)11(3)20-16-5-4-12(19)6-10(16)2/h4-8,11,20H,1-3H3. The van der Waals surface area contributed by atoms with Gasteiger partial charge in [-0.2, -0.15) is 0 Å². The molecule has 4 heteroatoms. The van der Waals surface area contributed by atoms with Crippen LogP contribution in [-0.2, 0) is 0 Å². The van der Waals surface area contributed by atoms with Gasteiger partial charge in [0.25, 0.3) is 0 Å². The summed E-state index contributed by atoms with van der Waals surface area (Å²) >= 11 is 2.24. The molecule has 0 aliphatic rings. The zero-order valence-electron chi connectivity index (χ0n) is 11.6. The van der Waals surface area contributed by atoms with Crippen LogP contribution in [0.25, 0.3) is 0 Å². The van der Waals surface area contributed by atoms with Crippen LogP contribution in [0.4, 0.5) is 14.5 Å². The van der Waals surface area contributed by atoms with Crippen molar-refractivity contribution in [3.63, 3.8) is 0 Å². The molecule has 106 valence electrons. The minimum Gasteiger partial charge on any atom is -0.378 e. The van der Waals surface area contributed by atoms with Crippen LogP contribution in [0.5, 0.6) is 0 Å². The van der Waals surface area contributed by atoms with Crippen LogP contribution < -0.4 is 5.32 Å². The van der Waals surface area contributed by atoms with Crippen LogP contribution in [0.15, 0.2) is 30.3 Å². The summed E-state index contributed by atoms with van der Waals surface area (Å²) in [6, 6.07) is 8.18. The molecule has 0 aromatic heterocycles. The van der Waals surface area contributed by atoms with Gasteiger partial charge in [-0.1, -0.05) is 0 Å². The van der Waals surface area contributed by atoms with Gasteiger partial charge in [0.1, 0.15) is 11.6 Å². The summed E-state index contributed by atoms with van der Waals surface area (Å²) < 4.78 is 28.7. The quantitative estimate of drug-likeness (QED) is 0.700. The van der Waals surface area contributed by atoms with E-state index in [9.17, 15) is 8.78 Å². The van der Waals surface area contributed by atoms with Gasteiger partial charge in [-0.3, -0.25) is 0 Å². The molecule has 0 spiro atoms. The largest absolute Gasteiger partial charge is 0.378 e. The van der Waals surface area contributed by atoms with Crippen molar-refractivity contribution in [2.24, 2.45) is 0 Å². The second-order valence-electron chi connectivity index (χ2n) is 4.95. The summed E-state index contributed by atoms with van der Waals surface area (Å²) in [6.45, 7) is 5.37. The van der Waals surface area contributed by atoms with Crippen LogP contribution in [-0.4, -0.2) is 0 Å². The Morgan fingerprint density at radius 1 is 1.00 bits per heavy atom. The minimum atomic E-state index is -0.382. The number of aryl methyl sites for hydroxylation is 2. The Labute approximate surface area is 131 Å². The first kappa shape index (κ1) is 15.2. The third kappa shape index (κ3) is 3.29. The third-order valence-corrected chi connectivity index (χ3v) is 3.98. The van der Waals surface area contributed by atoms with E-state index in [4.69, 9.17) is 0 Å². The van der Waals surface area contributed by atoms with E-state index < -0.39 is 0 Å². The van der Waals surface area contributed by atoms with Crippen molar-refractivity contribution in [1.82, 2.24) is 0 Å². The lowest BCUT2D eigenvalue weighted by Crippen LogP contribution is -2.10. The van der Waals surface area contributed by atoms with Crippen molar-refractivity contribution in [1.29, 1.82) is 0 Å². The van der Waals surface area contributed by atoms with Crippen LogP contribution >= 0.6 is 22.6 Å². The number of rotatable bonds is 3. The lowest BCUT2D eigenvalue weighted by molar-refractivity contribution is 0.571. The highest BCUT2D eigenvalue weighted by Crippen LogP contribution is 2.26. The van der Waals surface area contributed by atoms with Crippen molar-refractivity contribution in [3.8, 4) is 0 Å². The normalized spacial score (nSPS) is 12.3. The molecule has 1 N–H and O–H groups in total. The van der Waals surface area contributed by atoms with Crippen molar-refractivity contribution in [2.45, 2.75) is 26.8 Å². The molecule has 2 aromatic rings. The third-order valence-electron chi connectivity index (χ3n) is 3.30. The smallest absolute Gasteiger partial charge is 0.128 e. The maximum atomic E-state index is 13.9.